The number of anilines is 1. The molecule has 4 nitrogen and oxygen atoms in total. The molecule has 114 valence electrons. The first-order valence-electron chi connectivity index (χ1n) is 7.23. The van der Waals surface area contributed by atoms with Gasteiger partial charge >= 0.3 is 0 Å². The Kier molecular flexibility index (Phi) is 5.31. The van der Waals surface area contributed by atoms with E-state index >= 15 is 0 Å². The molecule has 0 amide bonds. The van der Waals surface area contributed by atoms with Gasteiger partial charge in [0.2, 0.25) is 5.95 Å². The predicted molar refractivity (Wildman–Crippen MR) is 89.9 cm³/mol. The van der Waals surface area contributed by atoms with E-state index in [4.69, 9.17) is 0 Å². The van der Waals surface area contributed by atoms with Gasteiger partial charge in [-0.2, -0.15) is 0 Å². The summed E-state index contributed by atoms with van der Waals surface area (Å²) in [5.74, 6) is 0.783. The van der Waals surface area contributed by atoms with Crippen LogP contribution in [0.3, 0.4) is 0 Å². The summed E-state index contributed by atoms with van der Waals surface area (Å²) >= 11 is 1.80. The standard InChI is InChI=1S/C16H24N4S/c1-16(2,3)19-12-13-10-17-15(18-11-13)20(4)8-7-14-6-5-9-21-14/h5-6,9-11,19H,7-8,12H2,1-4H3. The lowest BCUT2D eigenvalue weighted by Gasteiger charge is -2.21. The zero-order chi connectivity index (χ0) is 15.3. The van der Waals surface area contributed by atoms with Crippen LogP contribution < -0.4 is 10.2 Å². The van der Waals surface area contributed by atoms with Crippen molar-refractivity contribution in [3.63, 3.8) is 0 Å². The lowest BCUT2D eigenvalue weighted by Crippen LogP contribution is -2.35. The molecular formula is C16H24N4S. The summed E-state index contributed by atoms with van der Waals surface area (Å²) in [4.78, 5) is 12.4. The molecule has 0 aliphatic rings. The van der Waals surface area contributed by atoms with Gasteiger partial charge < -0.3 is 10.2 Å². The smallest absolute Gasteiger partial charge is 0.225 e. The Morgan fingerprint density at radius 2 is 1.95 bits per heavy atom. The highest BCUT2D eigenvalue weighted by Crippen LogP contribution is 2.12. The summed E-state index contributed by atoms with van der Waals surface area (Å²) in [5, 5.41) is 5.55. The highest BCUT2D eigenvalue weighted by molar-refractivity contribution is 7.09. The molecule has 0 unspecified atom stereocenters. The van der Waals surface area contributed by atoms with Crippen LogP contribution in [0.2, 0.25) is 0 Å². The molecule has 0 aliphatic carbocycles. The summed E-state index contributed by atoms with van der Waals surface area (Å²) in [7, 11) is 2.04. The van der Waals surface area contributed by atoms with Gasteiger partial charge in [0.15, 0.2) is 0 Å². The lowest BCUT2D eigenvalue weighted by molar-refractivity contribution is 0.423. The van der Waals surface area contributed by atoms with Crippen molar-refractivity contribution in [1.29, 1.82) is 0 Å². The van der Waals surface area contributed by atoms with Crippen molar-refractivity contribution in [2.45, 2.75) is 39.3 Å². The van der Waals surface area contributed by atoms with E-state index in [0.717, 1.165) is 31.0 Å². The topological polar surface area (TPSA) is 41.1 Å². The fraction of sp³-hybridized carbons (Fsp3) is 0.500. The molecular weight excluding hydrogens is 280 g/mol. The number of nitrogens with zero attached hydrogens (tertiary/aromatic N) is 3. The number of likely N-dealkylation sites (N-methyl/N-ethyl adjacent to an activating group) is 1. The highest BCUT2D eigenvalue weighted by Gasteiger charge is 2.09. The number of rotatable bonds is 6. The molecule has 0 saturated carbocycles. The van der Waals surface area contributed by atoms with Crippen LogP contribution in [0.25, 0.3) is 0 Å². The molecule has 2 aromatic rings. The minimum absolute atomic E-state index is 0.107. The molecule has 5 heteroatoms. The first-order valence-corrected chi connectivity index (χ1v) is 8.11. The van der Waals surface area contributed by atoms with Crippen molar-refractivity contribution in [1.82, 2.24) is 15.3 Å². The van der Waals surface area contributed by atoms with Crippen LogP contribution in [-0.4, -0.2) is 29.1 Å². The van der Waals surface area contributed by atoms with E-state index in [-0.39, 0.29) is 5.54 Å². The third kappa shape index (κ3) is 5.44. The Bertz CT molecular complexity index is 528. The molecule has 2 heterocycles. The zero-order valence-electron chi connectivity index (χ0n) is 13.3. The molecule has 0 saturated heterocycles. The van der Waals surface area contributed by atoms with Crippen molar-refractivity contribution in [2.75, 3.05) is 18.5 Å². The maximum atomic E-state index is 4.46. The Balaban J connectivity index is 1.86. The monoisotopic (exact) mass is 304 g/mol. The van der Waals surface area contributed by atoms with Crippen LogP contribution in [0.15, 0.2) is 29.9 Å². The molecule has 0 radical (unpaired) electrons. The van der Waals surface area contributed by atoms with Crippen LogP contribution in [0.5, 0.6) is 0 Å². The minimum atomic E-state index is 0.107. The Morgan fingerprint density at radius 3 is 2.52 bits per heavy atom. The third-order valence-corrected chi connectivity index (χ3v) is 4.07. The number of hydrogen-bond donors (Lipinski definition) is 1. The Hall–Kier alpha value is -1.46. The van der Waals surface area contributed by atoms with Crippen LogP contribution >= 0.6 is 11.3 Å². The van der Waals surface area contributed by atoms with E-state index in [1.165, 1.54) is 4.88 Å². The van der Waals surface area contributed by atoms with Gasteiger partial charge in [-0.1, -0.05) is 6.07 Å². The summed E-state index contributed by atoms with van der Waals surface area (Å²) in [6.45, 7) is 8.19. The fourth-order valence-electron chi connectivity index (χ4n) is 1.84. The molecule has 0 spiro atoms. The van der Waals surface area contributed by atoms with Crippen LogP contribution in [0.1, 0.15) is 31.2 Å². The third-order valence-electron chi connectivity index (χ3n) is 3.13. The van der Waals surface area contributed by atoms with E-state index < -0.39 is 0 Å². The highest BCUT2D eigenvalue weighted by atomic mass is 32.1. The maximum absolute atomic E-state index is 4.46. The van der Waals surface area contributed by atoms with Gasteiger partial charge in [0, 0.05) is 48.5 Å². The summed E-state index contributed by atoms with van der Waals surface area (Å²) in [5.41, 5.74) is 1.22. The summed E-state index contributed by atoms with van der Waals surface area (Å²) < 4.78 is 0. The predicted octanol–water partition coefficient (Wildman–Crippen LogP) is 3.11. The molecule has 0 aliphatic heterocycles. The van der Waals surface area contributed by atoms with Crippen LogP contribution in [-0.2, 0) is 13.0 Å². The normalized spacial score (nSPS) is 11.6. The summed E-state index contributed by atoms with van der Waals surface area (Å²) in [6, 6.07) is 4.26. The van der Waals surface area contributed by atoms with Gasteiger partial charge in [-0.25, -0.2) is 9.97 Å². The first kappa shape index (κ1) is 15.9. The average molecular weight is 304 g/mol. The quantitative estimate of drug-likeness (QED) is 0.890. The van der Waals surface area contributed by atoms with Crippen molar-refractivity contribution >= 4 is 17.3 Å². The lowest BCUT2D eigenvalue weighted by atomic mass is 10.1. The largest absolute Gasteiger partial charge is 0.344 e. The number of thiophene rings is 1. The van der Waals surface area contributed by atoms with E-state index in [9.17, 15) is 0 Å². The number of aromatic nitrogens is 2. The van der Waals surface area contributed by atoms with Gasteiger partial charge in [0.25, 0.3) is 0 Å². The fourth-order valence-corrected chi connectivity index (χ4v) is 2.53. The van der Waals surface area contributed by atoms with Crippen molar-refractivity contribution < 1.29 is 0 Å². The molecule has 0 fully saturated rings. The zero-order valence-corrected chi connectivity index (χ0v) is 14.1. The van der Waals surface area contributed by atoms with Gasteiger partial charge in [0.05, 0.1) is 0 Å². The second-order valence-electron chi connectivity index (χ2n) is 6.25. The van der Waals surface area contributed by atoms with E-state index in [1.807, 2.05) is 19.4 Å². The molecule has 1 N–H and O–H groups in total. The van der Waals surface area contributed by atoms with E-state index in [1.54, 1.807) is 11.3 Å². The average Bonchev–Trinajstić information content (AvgIpc) is 2.95. The number of hydrogen-bond acceptors (Lipinski definition) is 5. The molecule has 21 heavy (non-hydrogen) atoms. The van der Waals surface area contributed by atoms with E-state index in [0.29, 0.717) is 0 Å². The van der Waals surface area contributed by atoms with Crippen LogP contribution in [0, 0.1) is 0 Å². The molecule has 0 bridgehead atoms. The van der Waals surface area contributed by atoms with E-state index in [2.05, 4.69) is 58.5 Å². The number of nitrogens with one attached hydrogen (secondary N) is 1. The van der Waals surface area contributed by atoms with Crippen LogP contribution in [0.4, 0.5) is 5.95 Å². The van der Waals surface area contributed by atoms with Gasteiger partial charge in [-0.15, -0.1) is 11.3 Å². The Labute approximate surface area is 131 Å². The van der Waals surface area contributed by atoms with Crippen molar-refractivity contribution in [3.05, 3.63) is 40.3 Å². The maximum Gasteiger partial charge on any atom is 0.225 e. The van der Waals surface area contributed by atoms with Gasteiger partial charge in [-0.3, -0.25) is 0 Å². The first-order chi connectivity index (χ1) is 9.94. The van der Waals surface area contributed by atoms with Crippen molar-refractivity contribution in [2.24, 2.45) is 0 Å². The molecule has 2 rings (SSSR count). The molecule has 2 aromatic heterocycles. The van der Waals surface area contributed by atoms with Gasteiger partial charge in [0.1, 0.15) is 0 Å². The SMILES string of the molecule is CN(CCc1cccs1)c1ncc(CNC(C)(C)C)cn1. The Morgan fingerprint density at radius 1 is 1.24 bits per heavy atom. The second kappa shape index (κ2) is 7.00. The molecule has 0 aromatic carbocycles. The second-order valence-corrected chi connectivity index (χ2v) is 7.28. The van der Waals surface area contributed by atoms with Gasteiger partial charge in [-0.05, 0) is 38.6 Å². The van der Waals surface area contributed by atoms with Crippen molar-refractivity contribution in [3.8, 4) is 0 Å². The minimum Gasteiger partial charge on any atom is -0.344 e. The summed E-state index contributed by atoms with van der Waals surface area (Å²) in [6.07, 6.45) is 4.84. The molecule has 0 atom stereocenters.